The predicted octanol–water partition coefficient (Wildman–Crippen LogP) is 3.11. The summed E-state index contributed by atoms with van der Waals surface area (Å²) in [4.78, 5) is 24.0. The van der Waals surface area contributed by atoms with Gasteiger partial charge < -0.3 is 9.52 Å². The van der Waals surface area contributed by atoms with Gasteiger partial charge in [0.1, 0.15) is 17.1 Å². The molecule has 1 aliphatic rings. The topological polar surface area (TPSA) is 83.1 Å². The second kappa shape index (κ2) is 6.24. The SMILES string of the molecule is CC(=O)N1N=C(c2c(O)cc(C)oc2=O)CC1c1ccc(Br)cc1. The van der Waals surface area contributed by atoms with E-state index in [9.17, 15) is 14.7 Å². The Morgan fingerprint density at radius 1 is 1.38 bits per heavy atom. The highest BCUT2D eigenvalue weighted by atomic mass is 79.9. The van der Waals surface area contributed by atoms with Crippen molar-refractivity contribution in [2.24, 2.45) is 5.10 Å². The molecule has 0 radical (unpaired) electrons. The lowest BCUT2D eigenvalue weighted by Gasteiger charge is -2.20. The number of hydrazone groups is 1. The van der Waals surface area contributed by atoms with Crippen molar-refractivity contribution in [1.82, 2.24) is 5.01 Å². The van der Waals surface area contributed by atoms with Crippen LogP contribution < -0.4 is 5.63 Å². The van der Waals surface area contributed by atoms with Gasteiger partial charge in [0.2, 0.25) is 5.91 Å². The summed E-state index contributed by atoms with van der Waals surface area (Å²) in [6.07, 6.45) is 0.322. The standard InChI is InChI=1S/C17H15BrN2O4/c1-9-7-15(22)16(17(23)24-9)13-8-14(20(19-13)10(2)21)11-3-5-12(18)6-4-11/h3-7,14,22H,8H2,1-2H3. The van der Waals surface area contributed by atoms with Crippen molar-refractivity contribution in [2.45, 2.75) is 26.3 Å². The van der Waals surface area contributed by atoms with Gasteiger partial charge in [-0.2, -0.15) is 5.10 Å². The number of nitrogens with zero attached hydrogens (tertiary/aromatic N) is 2. The normalized spacial score (nSPS) is 17.0. The minimum absolute atomic E-state index is 0.00598. The van der Waals surface area contributed by atoms with Gasteiger partial charge in [0.05, 0.1) is 11.8 Å². The number of aromatic hydroxyl groups is 1. The average molecular weight is 391 g/mol. The number of halogens is 1. The predicted molar refractivity (Wildman–Crippen MR) is 91.9 cm³/mol. The molecule has 6 nitrogen and oxygen atoms in total. The first-order chi connectivity index (χ1) is 11.4. The third kappa shape index (κ3) is 2.99. The number of benzene rings is 1. The van der Waals surface area contributed by atoms with Crippen molar-refractivity contribution in [1.29, 1.82) is 0 Å². The van der Waals surface area contributed by atoms with Gasteiger partial charge in [0.15, 0.2) is 0 Å². The highest BCUT2D eigenvalue weighted by Crippen LogP contribution is 2.34. The Kier molecular flexibility index (Phi) is 4.28. The molecular weight excluding hydrogens is 376 g/mol. The monoisotopic (exact) mass is 390 g/mol. The molecule has 0 aliphatic carbocycles. The maximum atomic E-state index is 12.1. The van der Waals surface area contributed by atoms with Crippen molar-refractivity contribution in [3.8, 4) is 5.75 Å². The van der Waals surface area contributed by atoms with E-state index < -0.39 is 5.63 Å². The quantitative estimate of drug-likeness (QED) is 0.853. The summed E-state index contributed by atoms with van der Waals surface area (Å²) in [5, 5.41) is 15.7. The number of carbonyl (C=O) groups excluding carboxylic acids is 1. The van der Waals surface area contributed by atoms with Gasteiger partial charge in [-0.05, 0) is 24.6 Å². The molecule has 2 heterocycles. The number of aryl methyl sites for hydroxylation is 1. The molecule has 1 aromatic heterocycles. The molecule has 124 valence electrons. The summed E-state index contributed by atoms with van der Waals surface area (Å²) < 4.78 is 5.98. The van der Waals surface area contributed by atoms with Crippen molar-refractivity contribution in [2.75, 3.05) is 0 Å². The van der Waals surface area contributed by atoms with Crippen LogP contribution in [0.25, 0.3) is 0 Å². The highest BCUT2D eigenvalue weighted by Gasteiger charge is 2.33. The molecule has 0 spiro atoms. The Hall–Kier alpha value is -2.41. The molecule has 2 aromatic rings. The Balaban J connectivity index is 2.03. The lowest BCUT2D eigenvalue weighted by atomic mass is 9.99. The molecule has 0 saturated carbocycles. The van der Waals surface area contributed by atoms with Crippen LogP contribution in [0, 0.1) is 6.92 Å². The summed E-state index contributed by atoms with van der Waals surface area (Å²) in [5.41, 5.74) is 0.574. The fourth-order valence-electron chi connectivity index (χ4n) is 2.76. The van der Waals surface area contributed by atoms with Crippen LogP contribution in [0.5, 0.6) is 5.75 Å². The molecule has 0 bridgehead atoms. The van der Waals surface area contributed by atoms with Gasteiger partial charge in [-0.25, -0.2) is 9.80 Å². The Labute approximate surface area is 146 Å². The van der Waals surface area contributed by atoms with Crippen LogP contribution in [0.4, 0.5) is 0 Å². The van der Waals surface area contributed by atoms with Crippen LogP contribution in [0.1, 0.15) is 36.3 Å². The van der Waals surface area contributed by atoms with Gasteiger partial charge >= 0.3 is 5.63 Å². The summed E-state index contributed by atoms with van der Waals surface area (Å²) in [6, 6.07) is 8.57. The van der Waals surface area contributed by atoms with E-state index in [2.05, 4.69) is 21.0 Å². The zero-order chi connectivity index (χ0) is 17.4. The van der Waals surface area contributed by atoms with Gasteiger partial charge in [-0.15, -0.1) is 0 Å². The van der Waals surface area contributed by atoms with E-state index in [4.69, 9.17) is 4.42 Å². The second-order valence-corrected chi connectivity index (χ2v) is 6.50. The number of rotatable bonds is 2. The molecule has 1 unspecified atom stereocenters. The Morgan fingerprint density at radius 3 is 2.62 bits per heavy atom. The van der Waals surface area contributed by atoms with Gasteiger partial charge in [-0.1, -0.05) is 28.1 Å². The molecule has 0 fully saturated rings. The summed E-state index contributed by atoms with van der Waals surface area (Å²) >= 11 is 3.38. The molecule has 1 aromatic carbocycles. The van der Waals surface area contributed by atoms with Gasteiger partial charge in [-0.3, -0.25) is 4.79 Å². The van der Waals surface area contributed by atoms with Crippen LogP contribution in [0.3, 0.4) is 0 Å². The number of amides is 1. The first-order valence-corrected chi connectivity index (χ1v) is 8.13. The molecule has 3 rings (SSSR count). The maximum absolute atomic E-state index is 12.1. The lowest BCUT2D eigenvalue weighted by molar-refractivity contribution is -0.130. The second-order valence-electron chi connectivity index (χ2n) is 5.59. The smallest absolute Gasteiger partial charge is 0.348 e. The van der Waals surface area contributed by atoms with Crippen LogP contribution >= 0.6 is 15.9 Å². The summed E-state index contributed by atoms with van der Waals surface area (Å²) in [5.74, 6) is -0.121. The van der Waals surface area contributed by atoms with E-state index in [0.29, 0.717) is 17.9 Å². The number of carbonyl (C=O) groups is 1. The van der Waals surface area contributed by atoms with Gasteiger partial charge in [0.25, 0.3) is 0 Å². The first-order valence-electron chi connectivity index (χ1n) is 7.33. The third-order valence-electron chi connectivity index (χ3n) is 3.83. The molecule has 1 amide bonds. The van der Waals surface area contributed by atoms with Crippen molar-refractivity contribution in [3.05, 3.63) is 62.1 Å². The van der Waals surface area contributed by atoms with Crippen LogP contribution in [-0.4, -0.2) is 21.7 Å². The summed E-state index contributed by atoms with van der Waals surface area (Å²) in [7, 11) is 0. The third-order valence-corrected chi connectivity index (χ3v) is 4.36. The van der Waals surface area contributed by atoms with Crippen molar-refractivity contribution >= 4 is 27.5 Å². The Bertz CT molecular complexity index is 886. The van der Waals surface area contributed by atoms with Crippen LogP contribution in [0.15, 0.2) is 49.1 Å². The van der Waals surface area contributed by atoms with Crippen LogP contribution in [0.2, 0.25) is 0 Å². The van der Waals surface area contributed by atoms with Crippen LogP contribution in [-0.2, 0) is 4.79 Å². The molecule has 24 heavy (non-hydrogen) atoms. The van der Waals surface area contributed by atoms with Gasteiger partial charge in [0, 0.05) is 23.9 Å². The molecule has 1 N–H and O–H groups in total. The van der Waals surface area contributed by atoms with E-state index in [1.807, 2.05) is 24.3 Å². The molecular formula is C17H15BrN2O4. The molecule has 0 saturated heterocycles. The molecule has 7 heteroatoms. The van der Waals surface area contributed by atoms with E-state index in [0.717, 1.165) is 10.0 Å². The molecule has 1 atom stereocenters. The zero-order valence-corrected chi connectivity index (χ0v) is 14.7. The number of hydrogen-bond donors (Lipinski definition) is 1. The van der Waals surface area contributed by atoms with E-state index in [1.54, 1.807) is 6.92 Å². The lowest BCUT2D eigenvalue weighted by Crippen LogP contribution is -2.24. The van der Waals surface area contributed by atoms with E-state index in [-0.39, 0.29) is 23.3 Å². The fourth-order valence-corrected chi connectivity index (χ4v) is 3.02. The number of hydrogen-bond acceptors (Lipinski definition) is 5. The zero-order valence-electron chi connectivity index (χ0n) is 13.1. The highest BCUT2D eigenvalue weighted by molar-refractivity contribution is 9.10. The van der Waals surface area contributed by atoms with Crippen molar-refractivity contribution in [3.63, 3.8) is 0 Å². The largest absolute Gasteiger partial charge is 0.507 e. The Morgan fingerprint density at radius 2 is 2.04 bits per heavy atom. The first kappa shape index (κ1) is 16.4. The summed E-state index contributed by atoms with van der Waals surface area (Å²) in [6.45, 7) is 2.99. The van der Waals surface area contributed by atoms with Crippen molar-refractivity contribution < 1.29 is 14.3 Å². The maximum Gasteiger partial charge on any atom is 0.348 e. The van der Waals surface area contributed by atoms with E-state index in [1.165, 1.54) is 18.0 Å². The molecule has 1 aliphatic heterocycles. The minimum Gasteiger partial charge on any atom is -0.507 e. The minimum atomic E-state index is -0.661. The fraction of sp³-hybridized carbons (Fsp3) is 0.235. The average Bonchev–Trinajstić information content (AvgIpc) is 2.92. The van der Waals surface area contributed by atoms with E-state index >= 15 is 0 Å².